The summed E-state index contributed by atoms with van der Waals surface area (Å²) in [5, 5.41) is 2.02. The van der Waals surface area contributed by atoms with Crippen LogP contribution in [-0.4, -0.2) is 48.6 Å². The van der Waals surface area contributed by atoms with Crippen molar-refractivity contribution >= 4 is 34.1 Å². The summed E-state index contributed by atoms with van der Waals surface area (Å²) >= 11 is -1.03. The Labute approximate surface area is 179 Å². The number of esters is 2. The molecule has 0 radical (unpaired) electrons. The Morgan fingerprint density at radius 3 is 1.79 bits per heavy atom. The molecule has 10 nitrogen and oxygen atoms in total. The van der Waals surface area contributed by atoms with E-state index in [2.05, 4.69) is 18.8 Å². The molecular formula is C6H4F4Na2O10S2. The Bertz CT molecular complexity index is 515. The molecule has 0 aromatic carbocycles. The Kier molecular flexibility index (Phi) is 15.1. The van der Waals surface area contributed by atoms with Gasteiger partial charge in [-0.3, -0.25) is 5.04 Å². The first-order valence-corrected chi connectivity index (χ1v) is 6.71. The van der Waals surface area contributed by atoms with E-state index in [1.807, 2.05) is 0 Å². The number of ether oxygens (including phenoxy) is 2. The summed E-state index contributed by atoms with van der Waals surface area (Å²) in [5.41, 5.74) is 0. The van der Waals surface area contributed by atoms with Gasteiger partial charge in [0.15, 0.2) is 10.1 Å². The van der Waals surface area contributed by atoms with E-state index in [9.17, 15) is 45.4 Å². The van der Waals surface area contributed by atoms with Crippen LogP contribution in [-0.2, 0) is 38.6 Å². The summed E-state index contributed by atoms with van der Waals surface area (Å²) in [6.45, 7) is -2.44. The van der Waals surface area contributed by atoms with Gasteiger partial charge in [0.05, 0.1) is 0 Å². The van der Waals surface area contributed by atoms with Gasteiger partial charge in [0.2, 0.25) is 0 Å². The normalized spacial score (nSPS) is 11.8. The molecular weight excluding hydrogens is 418 g/mol. The number of hydrogen-bond donors (Lipinski definition) is 0. The van der Waals surface area contributed by atoms with E-state index in [-0.39, 0.29) is 59.1 Å². The molecule has 24 heavy (non-hydrogen) atoms. The van der Waals surface area contributed by atoms with Crippen LogP contribution in [0.5, 0.6) is 0 Å². The van der Waals surface area contributed by atoms with E-state index in [1.165, 1.54) is 0 Å². The molecule has 0 rings (SSSR count). The number of carbonyl (C=O) groups is 2. The summed E-state index contributed by atoms with van der Waals surface area (Å²) in [6.07, 6.45) is 0. The Morgan fingerprint density at radius 1 is 1.00 bits per heavy atom. The maximum atomic E-state index is 12.7. The van der Waals surface area contributed by atoms with E-state index in [1.54, 1.807) is 0 Å². The third-order valence-electron chi connectivity index (χ3n) is 1.51. The van der Waals surface area contributed by atoms with Crippen LogP contribution >= 0.6 is 12.0 Å². The van der Waals surface area contributed by atoms with Crippen LogP contribution in [0.4, 0.5) is 17.6 Å². The number of hydrogen-bond acceptors (Lipinski definition) is 11. The predicted octanol–water partition coefficient (Wildman–Crippen LogP) is -7.32. The smallest absolute Gasteiger partial charge is 0.743 e. The minimum absolute atomic E-state index is 0. The quantitative estimate of drug-likeness (QED) is 0.0509. The van der Waals surface area contributed by atoms with E-state index in [0.717, 1.165) is 0 Å². The molecule has 18 heteroatoms. The van der Waals surface area contributed by atoms with E-state index in [4.69, 9.17) is 0 Å². The third kappa shape index (κ3) is 9.48. The monoisotopic (exact) mass is 422 g/mol. The Morgan fingerprint density at radius 2 is 1.42 bits per heavy atom. The molecule has 0 heterocycles. The van der Waals surface area contributed by atoms with Crippen molar-refractivity contribution in [2.75, 3.05) is 13.2 Å². The van der Waals surface area contributed by atoms with E-state index >= 15 is 0 Å². The van der Waals surface area contributed by atoms with Crippen LogP contribution in [0.2, 0.25) is 0 Å². The van der Waals surface area contributed by atoms with Crippen molar-refractivity contribution in [3.63, 3.8) is 0 Å². The standard InChI is InChI=1S/C6H6F4O10S2.2Na/c7-5(8,21-20-19-13)3(11)17-1-2-18-4(12)6(9,10)22(14,15)16;;/h13H,1-2H2,(H,14,15,16);;/q;2*+1/p-2. The van der Waals surface area contributed by atoms with Crippen molar-refractivity contribution < 1.29 is 123 Å². The molecule has 0 unspecified atom stereocenters. The van der Waals surface area contributed by atoms with Gasteiger partial charge in [0.25, 0.3) is 0 Å². The van der Waals surface area contributed by atoms with Crippen molar-refractivity contribution in [1.82, 2.24) is 0 Å². The van der Waals surface area contributed by atoms with Crippen molar-refractivity contribution in [1.29, 1.82) is 0 Å². The summed E-state index contributed by atoms with van der Waals surface area (Å²) in [6, 6.07) is 0. The molecule has 0 spiro atoms. The predicted molar refractivity (Wildman–Crippen MR) is 51.3 cm³/mol. The topological polar surface area (TPSA) is 151 Å². The Balaban J connectivity index is -0.00000220. The fourth-order valence-corrected chi connectivity index (χ4v) is 1.13. The van der Waals surface area contributed by atoms with Crippen molar-refractivity contribution in [2.45, 2.75) is 10.5 Å². The number of halogens is 4. The molecule has 0 aliphatic carbocycles. The van der Waals surface area contributed by atoms with Gasteiger partial charge in [-0.2, -0.15) is 21.9 Å². The van der Waals surface area contributed by atoms with Gasteiger partial charge in [-0.15, -0.1) is 0 Å². The zero-order chi connectivity index (χ0) is 17.6. The van der Waals surface area contributed by atoms with Crippen molar-refractivity contribution in [3.05, 3.63) is 0 Å². The zero-order valence-electron chi connectivity index (χ0n) is 11.8. The first kappa shape index (κ1) is 29.6. The second-order valence-electron chi connectivity index (χ2n) is 2.98. The summed E-state index contributed by atoms with van der Waals surface area (Å²) in [5.74, 6) is -5.09. The van der Waals surface area contributed by atoms with E-state index in [0.29, 0.717) is 0 Å². The summed E-state index contributed by atoms with van der Waals surface area (Å²) in [7, 11) is -6.34. The molecule has 0 amide bonds. The first-order valence-electron chi connectivity index (χ1n) is 4.56. The zero-order valence-corrected chi connectivity index (χ0v) is 17.5. The van der Waals surface area contributed by atoms with Gasteiger partial charge < -0.3 is 19.3 Å². The molecule has 0 bridgehead atoms. The van der Waals surface area contributed by atoms with Crippen LogP contribution in [0.1, 0.15) is 0 Å². The van der Waals surface area contributed by atoms with Crippen LogP contribution in [0.25, 0.3) is 0 Å². The summed E-state index contributed by atoms with van der Waals surface area (Å²) in [4.78, 5) is 21.3. The average Bonchev–Trinajstić information content (AvgIpc) is 2.39. The molecule has 0 N–H and O–H groups in total. The second-order valence-corrected chi connectivity index (χ2v) is 5.22. The molecule has 0 saturated carbocycles. The molecule has 0 aromatic heterocycles. The number of carbonyl (C=O) groups excluding carboxylic acids is 2. The minimum atomic E-state index is -6.34. The third-order valence-corrected chi connectivity index (χ3v) is 2.80. The van der Waals surface area contributed by atoms with Gasteiger partial charge in [-0.05, 0) is 0 Å². The minimum Gasteiger partial charge on any atom is -0.743 e. The SMILES string of the molecule is O=C(OCCOC(=O)C(F)(F)S(=O)(=O)[O-])C(F)(F)SOO[O-].[Na+].[Na+]. The molecule has 0 aliphatic rings. The molecule has 0 aromatic rings. The largest absolute Gasteiger partial charge is 1.00 e. The van der Waals surface area contributed by atoms with Gasteiger partial charge in [0, 0.05) is 0 Å². The van der Waals surface area contributed by atoms with Crippen LogP contribution in [0.15, 0.2) is 0 Å². The van der Waals surface area contributed by atoms with Gasteiger partial charge in [-0.25, -0.2) is 18.0 Å². The summed E-state index contributed by atoms with van der Waals surface area (Å²) < 4.78 is 91.2. The average molecular weight is 422 g/mol. The van der Waals surface area contributed by atoms with Crippen LogP contribution < -0.4 is 64.4 Å². The van der Waals surface area contributed by atoms with Crippen molar-refractivity contribution in [3.8, 4) is 0 Å². The maximum absolute atomic E-state index is 12.7. The maximum Gasteiger partial charge on any atom is 1.00 e. The molecule has 0 fully saturated rings. The number of alkyl halides is 4. The Hall–Kier alpha value is 0.800. The molecule has 130 valence electrons. The van der Waals surface area contributed by atoms with Gasteiger partial charge >= 0.3 is 81.6 Å². The second kappa shape index (κ2) is 12.2. The van der Waals surface area contributed by atoms with Crippen molar-refractivity contribution in [2.24, 2.45) is 0 Å². The van der Waals surface area contributed by atoms with E-state index < -0.39 is 57.8 Å². The van der Waals surface area contributed by atoms with Gasteiger partial charge in [-0.1, -0.05) is 0 Å². The first-order chi connectivity index (χ1) is 9.86. The van der Waals surface area contributed by atoms with Gasteiger partial charge in [0.1, 0.15) is 25.3 Å². The molecule has 0 atom stereocenters. The fourth-order valence-electron chi connectivity index (χ4n) is 0.629. The van der Waals surface area contributed by atoms with Crippen LogP contribution in [0, 0.1) is 0 Å². The molecule has 0 aliphatic heterocycles. The fraction of sp³-hybridized carbons (Fsp3) is 0.667. The number of rotatable bonds is 9. The molecule has 0 saturated heterocycles. The van der Waals surface area contributed by atoms with Crippen LogP contribution in [0.3, 0.4) is 0 Å².